The second-order valence-corrected chi connectivity index (χ2v) is 7.62. The molecule has 172 valence electrons. The first-order chi connectivity index (χ1) is 15.0. The molecule has 0 bridgehead atoms. The van der Waals surface area contributed by atoms with Gasteiger partial charge in [0.15, 0.2) is 5.96 Å². The van der Waals surface area contributed by atoms with Crippen molar-refractivity contribution in [2.24, 2.45) is 4.99 Å². The average Bonchev–Trinajstić information content (AvgIpc) is 3.25. The molecular weight excluding hydrogens is 515 g/mol. The van der Waals surface area contributed by atoms with Gasteiger partial charge in [-0.05, 0) is 25.7 Å². The molecular formula is C24H33IN6O. The van der Waals surface area contributed by atoms with Gasteiger partial charge in [0.1, 0.15) is 11.6 Å². The first kappa shape index (κ1) is 25.7. The van der Waals surface area contributed by atoms with Gasteiger partial charge >= 0.3 is 0 Å². The predicted octanol–water partition coefficient (Wildman–Crippen LogP) is 4.01. The maximum atomic E-state index is 5.57. The quantitative estimate of drug-likeness (QED) is 0.253. The number of nitrogens with one attached hydrogen (secondary N) is 2. The molecule has 0 fully saturated rings. The van der Waals surface area contributed by atoms with Crippen LogP contribution in [-0.2, 0) is 6.54 Å². The van der Waals surface area contributed by atoms with Gasteiger partial charge in [-0.1, -0.05) is 48.5 Å². The lowest BCUT2D eigenvalue weighted by atomic mass is 10.0. The van der Waals surface area contributed by atoms with E-state index in [1.807, 2.05) is 49.6 Å². The van der Waals surface area contributed by atoms with E-state index in [4.69, 9.17) is 4.74 Å². The zero-order chi connectivity index (χ0) is 22.2. The molecule has 2 aromatic carbocycles. The molecule has 2 N–H and O–H groups in total. The van der Waals surface area contributed by atoms with Crippen LogP contribution in [0, 0.1) is 0 Å². The number of methoxy groups -OCH3 is 1. The van der Waals surface area contributed by atoms with Crippen LogP contribution >= 0.6 is 24.0 Å². The van der Waals surface area contributed by atoms with Gasteiger partial charge in [0.25, 0.3) is 0 Å². The summed E-state index contributed by atoms with van der Waals surface area (Å²) in [6.07, 6.45) is 1.87. The molecule has 3 aromatic rings. The number of hydrogen-bond acceptors (Lipinski definition) is 4. The Morgan fingerprint density at radius 3 is 2.44 bits per heavy atom. The number of rotatable bonds is 8. The number of nitrogens with zero attached hydrogens (tertiary/aromatic N) is 4. The molecule has 0 spiro atoms. The Bertz CT molecular complexity index is 989. The van der Waals surface area contributed by atoms with Crippen LogP contribution in [0.15, 0.2) is 65.8 Å². The van der Waals surface area contributed by atoms with Gasteiger partial charge in [0, 0.05) is 26.2 Å². The van der Waals surface area contributed by atoms with E-state index in [1.165, 1.54) is 0 Å². The fraction of sp³-hybridized carbons (Fsp3) is 0.333. The van der Waals surface area contributed by atoms with Crippen molar-refractivity contribution in [1.29, 1.82) is 0 Å². The molecule has 0 aliphatic heterocycles. The largest absolute Gasteiger partial charge is 0.496 e. The molecule has 0 amide bonds. The Hall–Kier alpha value is -2.59. The highest BCUT2D eigenvalue weighted by Gasteiger charge is 2.19. The molecule has 1 unspecified atom stereocenters. The second-order valence-electron chi connectivity index (χ2n) is 7.62. The van der Waals surface area contributed by atoms with Crippen LogP contribution < -0.4 is 10.1 Å². The molecule has 1 heterocycles. The maximum absolute atomic E-state index is 5.57. The number of para-hydroxylation sites is 1. The number of ether oxygens (including phenoxy) is 1. The van der Waals surface area contributed by atoms with Crippen molar-refractivity contribution in [2.75, 3.05) is 41.8 Å². The minimum absolute atomic E-state index is 0. The highest BCUT2D eigenvalue weighted by atomic mass is 127. The summed E-state index contributed by atoms with van der Waals surface area (Å²) >= 11 is 0. The number of likely N-dealkylation sites (N-methyl/N-ethyl adjacent to an activating group) is 1. The van der Waals surface area contributed by atoms with Gasteiger partial charge in [0.2, 0.25) is 0 Å². The number of aliphatic imine (C=N–C) groups is 1. The van der Waals surface area contributed by atoms with E-state index < -0.39 is 0 Å². The Morgan fingerprint density at radius 1 is 1.09 bits per heavy atom. The number of aromatic nitrogens is 2. The molecule has 0 saturated heterocycles. The highest BCUT2D eigenvalue weighted by Crippen LogP contribution is 2.27. The van der Waals surface area contributed by atoms with Crippen molar-refractivity contribution >= 4 is 29.9 Å². The van der Waals surface area contributed by atoms with Crippen molar-refractivity contribution in [3.8, 4) is 17.0 Å². The normalized spacial score (nSPS) is 12.2. The topological polar surface area (TPSA) is 68.8 Å². The van der Waals surface area contributed by atoms with Crippen molar-refractivity contribution in [1.82, 2.24) is 25.1 Å². The second kappa shape index (κ2) is 12.4. The van der Waals surface area contributed by atoms with Gasteiger partial charge < -0.3 is 24.8 Å². The van der Waals surface area contributed by atoms with Crippen LogP contribution in [0.25, 0.3) is 11.3 Å². The molecule has 0 aliphatic carbocycles. The minimum Gasteiger partial charge on any atom is -0.496 e. The molecule has 1 atom stereocenters. The fourth-order valence-corrected chi connectivity index (χ4v) is 3.59. The molecule has 7 nitrogen and oxygen atoms in total. The molecule has 32 heavy (non-hydrogen) atoms. The van der Waals surface area contributed by atoms with Gasteiger partial charge in [-0.25, -0.2) is 4.98 Å². The average molecular weight is 548 g/mol. The smallest absolute Gasteiger partial charge is 0.193 e. The SMILES string of the molecule is CN=C(NCC(c1ccccc1OC)N(C)C)N(C)Cc1ncc(-c2ccccc2)[nH]1.I. The number of halogens is 1. The van der Waals surface area contributed by atoms with E-state index in [1.54, 1.807) is 14.2 Å². The Balaban J connectivity index is 0.00000363. The molecule has 3 rings (SSSR count). The van der Waals surface area contributed by atoms with Crippen LogP contribution in [0.1, 0.15) is 17.4 Å². The number of guanidine groups is 1. The lowest BCUT2D eigenvalue weighted by Gasteiger charge is -2.29. The van der Waals surface area contributed by atoms with E-state index in [2.05, 4.69) is 62.4 Å². The fourth-order valence-electron chi connectivity index (χ4n) is 3.59. The van der Waals surface area contributed by atoms with E-state index >= 15 is 0 Å². The lowest BCUT2D eigenvalue weighted by Crippen LogP contribution is -2.42. The van der Waals surface area contributed by atoms with Crippen molar-refractivity contribution in [3.63, 3.8) is 0 Å². The summed E-state index contributed by atoms with van der Waals surface area (Å²) in [4.78, 5) is 16.6. The van der Waals surface area contributed by atoms with Crippen molar-refractivity contribution in [3.05, 3.63) is 72.2 Å². The summed E-state index contributed by atoms with van der Waals surface area (Å²) in [7, 11) is 9.65. The number of benzene rings is 2. The maximum Gasteiger partial charge on any atom is 0.193 e. The third-order valence-electron chi connectivity index (χ3n) is 5.25. The number of imidazole rings is 1. The zero-order valence-corrected chi connectivity index (χ0v) is 21.7. The first-order valence-electron chi connectivity index (χ1n) is 10.3. The number of aromatic amines is 1. The van der Waals surface area contributed by atoms with Crippen LogP contribution in [-0.4, -0.2) is 67.6 Å². The van der Waals surface area contributed by atoms with E-state index in [0.29, 0.717) is 13.1 Å². The third-order valence-corrected chi connectivity index (χ3v) is 5.25. The minimum atomic E-state index is 0. The van der Waals surface area contributed by atoms with E-state index in [9.17, 15) is 0 Å². The lowest BCUT2D eigenvalue weighted by molar-refractivity contribution is 0.285. The van der Waals surface area contributed by atoms with Gasteiger partial charge in [-0.15, -0.1) is 24.0 Å². The Labute approximate surface area is 207 Å². The third kappa shape index (κ3) is 6.46. The summed E-state index contributed by atoms with van der Waals surface area (Å²) in [5.74, 6) is 2.58. The van der Waals surface area contributed by atoms with Gasteiger partial charge in [0.05, 0.1) is 31.6 Å². The summed E-state index contributed by atoms with van der Waals surface area (Å²) < 4.78 is 5.57. The zero-order valence-electron chi connectivity index (χ0n) is 19.4. The van der Waals surface area contributed by atoms with Crippen LogP contribution in [0.5, 0.6) is 5.75 Å². The standard InChI is InChI=1S/C24H32N6O.HI/c1-25-24(27-16-21(29(2)3)19-13-9-10-14-22(19)31-5)30(4)17-23-26-15-20(28-23)18-11-7-6-8-12-18;/h6-15,21H,16-17H2,1-5H3,(H,25,27)(H,26,28);1H. The van der Waals surface area contributed by atoms with Gasteiger partial charge in [-0.2, -0.15) is 0 Å². The van der Waals surface area contributed by atoms with E-state index in [-0.39, 0.29) is 30.0 Å². The van der Waals surface area contributed by atoms with E-state index in [0.717, 1.165) is 34.4 Å². The number of H-pyrrole nitrogens is 1. The summed E-state index contributed by atoms with van der Waals surface area (Å²) in [6.45, 7) is 1.31. The molecule has 8 heteroatoms. The summed E-state index contributed by atoms with van der Waals surface area (Å²) in [5.41, 5.74) is 3.27. The Morgan fingerprint density at radius 2 is 1.78 bits per heavy atom. The van der Waals surface area contributed by atoms with Crippen LogP contribution in [0.2, 0.25) is 0 Å². The van der Waals surface area contributed by atoms with Crippen LogP contribution in [0.4, 0.5) is 0 Å². The molecule has 0 aliphatic rings. The van der Waals surface area contributed by atoms with Crippen LogP contribution in [0.3, 0.4) is 0 Å². The summed E-state index contributed by atoms with van der Waals surface area (Å²) in [6, 6.07) is 18.5. The Kier molecular flexibility index (Phi) is 9.98. The van der Waals surface area contributed by atoms with Crippen molar-refractivity contribution < 1.29 is 4.74 Å². The summed E-state index contributed by atoms with van der Waals surface area (Å²) in [5, 5.41) is 3.50. The number of hydrogen-bond donors (Lipinski definition) is 2. The monoisotopic (exact) mass is 548 g/mol. The van der Waals surface area contributed by atoms with Gasteiger partial charge in [-0.3, -0.25) is 4.99 Å². The first-order valence-corrected chi connectivity index (χ1v) is 10.3. The van der Waals surface area contributed by atoms with Crippen molar-refractivity contribution in [2.45, 2.75) is 12.6 Å². The predicted molar refractivity (Wildman–Crippen MR) is 142 cm³/mol. The molecule has 1 aromatic heterocycles. The molecule has 0 saturated carbocycles. The highest BCUT2D eigenvalue weighted by molar-refractivity contribution is 14.0. The molecule has 0 radical (unpaired) electrons.